The van der Waals surface area contributed by atoms with Gasteiger partial charge in [0.15, 0.2) is 11.5 Å². The number of hydrogen-bond donors (Lipinski definition) is 1. The van der Waals surface area contributed by atoms with Crippen LogP contribution in [0.4, 0.5) is 5.69 Å². The van der Waals surface area contributed by atoms with Crippen molar-refractivity contribution in [3.05, 3.63) is 53.6 Å². The minimum absolute atomic E-state index is 0.400. The summed E-state index contributed by atoms with van der Waals surface area (Å²) in [6, 6.07) is 13.1. The molecular formula is C16H15NO4. The highest BCUT2D eigenvalue weighted by atomic mass is 16.6. The third kappa shape index (κ3) is 2.27. The van der Waals surface area contributed by atoms with Crippen molar-refractivity contribution in [2.75, 3.05) is 19.5 Å². The van der Waals surface area contributed by atoms with Gasteiger partial charge >= 0.3 is 5.97 Å². The van der Waals surface area contributed by atoms with Crippen LogP contribution >= 0.6 is 0 Å². The van der Waals surface area contributed by atoms with Crippen LogP contribution in [0.5, 0.6) is 11.5 Å². The van der Waals surface area contributed by atoms with Gasteiger partial charge in [0.1, 0.15) is 5.56 Å². The molecule has 0 radical (unpaired) electrons. The first kappa shape index (κ1) is 13.3. The molecule has 21 heavy (non-hydrogen) atoms. The lowest BCUT2D eigenvalue weighted by molar-refractivity contribution is 0.0435. The van der Waals surface area contributed by atoms with Crippen LogP contribution in [0, 0.1) is 0 Å². The summed E-state index contributed by atoms with van der Waals surface area (Å²) in [5.74, 6) is 0.486. The first-order chi connectivity index (χ1) is 10.2. The molecule has 1 N–H and O–H groups in total. The molecule has 108 valence electrons. The summed E-state index contributed by atoms with van der Waals surface area (Å²) >= 11 is 0. The van der Waals surface area contributed by atoms with Crippen LogP contribution in [-0.4, -0.2) is 20.2 Å². The Hall–Kier alpha value is -2.69. The summed E-state index contributed by atoms with van der Waals surface area (Å²) in [7, 11) is 3.04. The van der Waals surface area contributed by atoms with Gasteiger partial charge in [-0.2, -0.15) is 0 Å². The molecule has 0 aliphatic carbocycles. The normalized spacial score (nSPS) is 16.1. The Labute approximate surface area is 122 Å². The molecule has 1 aliphatic heterocycles. The van der Waals surface area contributed by atoms with E-state index in [0.717, 1.165) is 11.3 Å². The van der Waals surface area contributed by atoms with E-state index in [-0.39, 0.29) is 0 Å². The van der Waals surface area contributed by atoms with E-state index in [0.29, 0.717) is 17.1 Å². The first-order valence-corrected chi connectivity index (χ1v) is 6.52. The van der Waals surface area contributed by atoms with Crippen molar-refractivity contribution >= 4 is 11.7 Å². The maximum absolute atomic E-state index is 12.1. The van der Waals surface area contributed by atoms with Crippen molar-refractivity contribution in [3.63, 3.8) is 0 Å². The molecule has 1 aliphatic rings. The van der Waals surface area contributed by atoms with Crippen molar-refractivity contribution in [2.24, 2.45) is 0 Å². The number of cyclic esters (lactones) is 1. The quantitative estimate of drug-likeness (QED) is 0.875. The summed E-state index contributed by atoms with van der Waals surface area (Å²) in [6.07, 6.45) is -0.533. The Balaban J connectivity index is 1.99. The molecule has 0 bridgehead atoms. The fourth-order valence-electron chi connectivity index (χ4n) is 2.39. The Morgan fingerprint density at radius 2 is 1.81 bits per heavy atom. The second-order valence-electron chi connectivity index (χ2n) is 4.56. The smallest absolute Gasteiger partial charge is 0.344 e. The zero-order chi connectivity index (χ0) is 14.8. The molecule has 0 fully saturated rings. The number of esters is 1. The fraction of sp³-hybridized carbons (Fsp3) is 0.188. The molecule has 0 saturated heterocycles. The van der Waals surface area contributed by atoms with Crippen LogP contribution in [0.1, 0.15) is 22.1 Å². The standard InChI is InChI=1S/C16H15NO4/c1-19-12-9-8-11-13(14(12)20-2)16(18)21-15(11)17-10-6-4-3-5-7-10/h3-9,15,17H,1-2H3/t15-/m0/s1. The van der Waals surface area contributed by atoms with E-state index < -0.39 is 12.2 Å². The lowest BCUT2D eigenvalue weighted by Gasteiger charge is -2.15. The second kappa shape index (κ2) is 5.36. The molecule has 5 heteroatoms. The molecule has 2 aromatic rings. The number of methoxy groups -OCH3 is 2. The SMILES string of the molecule is COc1ccc2c(c1OC)C(=O)O[C@@H]2Nc1ccccc1. The number of benzene rings is 2. The van der Waals surface area contributed by atoms with Gasteiger partial charge in [-0.25, -0.2) is 4.79 Å². The topological polar surface area (TPSA) is 56.8 Å². The predicted molar refractivity (Wildman–Crippen MR) is 77.8 cm³/mol. The lowest BCUT2D eigenvalue weighted by atomic mass is 10.1. The molecule has 0 spiro atoms. The van der Waals surface area contributed by atoms with Crippen LogP contribution in [0.15, 0.2) is 42.5 Å². The molecule has 0 saturated carbocycles. The molecule has 5 nitrogen and oxygen atoms in total. The first-order valence-electron chi connectivity index (χ1n) is 6.52. The molecule has 0 amide bonds. The monoisotopic (exact) mass is 285 g/mol. The number of nitrogens with one attached hydrogen (secondary N) is 1. The number of carbonyl (C=O) groups excluding carboxylic acids is 1. The summed E-state index contributed by atoms with van der Waals surface area (Å²) in [5.41, 5.74) is 2.02. The summed E-state index contributed by atoms with van der Waals surface area (Å²) < 4.78 is 15.9. The predicted octanol–water partition coefficient (Wildman–Crippen LogP) is 2.98. The van der Waals surface area contributed by atoms with E-state index >= 15 is 0 Å². The lowest BCUT2D eigenvalue weighted by Crippen LogP contribution is -2.09. The van der Waals surface area contributed by atoms with E-state index in [1.54, 1.807) is 6.07 Å². The van der Waals surface area contributed by atoms with Gasteiger partial charge in [0, 0.05) is 11.3 Å². The minimum Gasteiger partial charge on any atom is -0.493 e. The van der Waals surface area contributed by atoms with E-state index in [2.05, 4.69) is 5.32 Å². The number of fused-ring (bicyclic) bond motifs is 1. The molecule has 3 rings (SSSR count). The summed E-state index contributed by atoms with van der Waals surface area (Å²) in [5, 5.41) is 3.18. The van der Waals surface area contributed by atoms with Crippen LogP contribution < -0.4 is 14.8 Å². The van der Waals surface area contributed by atoms with E-state index in [1.807, 2.05) is 36.4 Å². The average molecular weight is 285 g/mol. The summed E-state index contributed by atoms with van der Waals surface area (Å²) in [4.78, 5) is 12.1. The zero-order valence-electron chi connectivity index (χ0n) is 11.8. The number of hydrogen-bond acceptors (Lipinski definition) is 5. The molecular weight excluding hydrogens is 270 g/mol. The number of carbonyl (C=O) groups is 1. The maximum atomic E-state index is 12.1. The summed E-state index contributed by atoms with van der Waals surface area (Å²) in [6.45, 7) is 0. The van der Waals surface area contributed by atoms with Crippen LogP contribution in [-0.2, 0) is 4.74 Å². The Bertz CT molecular complexity index is 669. The number of anilines is 1. The largest absolute Gasteiger partial charge is 0.493 e. The zero-order valence-corrected chi connectivity index (χ0v) is 11.8. The van der Waals surface area contributed by atoms with Gasteiger partial charge in [0.05, 0.1) is 14.2 Å². The van der Waals surface area contributed by atoms with Gasteiger partial charge in [0.2, 0.25) is 6.23 Å². The van der Waals surface area contributed by atoms with Crippen molar-refractivity contribution in [2.45, 2.75) is 6.23 Å². The third-order valence-corrected chi connectivity index (χ3v) is 3.36. The van der Waals surface area contributed by atoms with Crippen molar-refractivity contribution in [3.8, 4) is 11.5 Å². The Morgan fingerprint density at radius 3 is 2.48 bits per heavy atom. The van der Waals surface area contributed by atoms with Crippen LogP contribution in [0.3, 0.4) is 0 Å². The fourth-order valence-corrected chi connectivity index (χ4v) is 2.39. The Morgan fingerprint density at radius 1 is 1.05 bits per heavy atom. The van der Waals surface area contributed by atoms with E-state index in [4.69, 9.17) is 14.2 Å². The highest BCUT2D eigenvalue weighted by Crippen LogP contribution is 2.41. The third-order valence-electron chi connectivity index (χ3n) is 3.36. The highest BCUT2D eigenvalue weighted by molar-refractivity contribution is 5.98. The second-order valence-corrected chi connectivity index (χ2v) is 4.56. The van der Waals surface area contributed by atoms with Gasteiger partial charge < -0.3 is 19.5 Å². The Kier molecular flexibility index (Phi) is 3.39. The number of rotatable bonds is 4. The average Bonchev–Trinajstić information content (AvgIpc) is 2.83. The molecule has 0 aromatic heterocycles. The van der Waals surface area contributed by atoms with Gasteiger partial charge in [-0.05, 0) is 24.3 Å². The van der Waals surface area contributed by atoms with Crippen molar-refractivity contribution in [1.82, 2.24) is 0 Å². The van der Waals surface area contributed by atoms with E-state index in [9.17, 15) is 4.79 Å². The maximum Gasteiger partial charge on any atom is 0.344 e. The molecule has 0 unspecified atom stereocenters. The number of ether oxygens (including phenoxy) is 3. The van der Waals surface area contributed by atoms with Gasteiger partial charge in [0.25, 0.3) is 0 Å². The van der Waals surface area contributed by atoms with Gasteiger partial charge in [-0.3, -0.25) is 0 Å². The van der Waals surface area contributed by atoms with E-state index in [1.165, 1.54) is 14.2 Å². The van der Waals surface area contributed by atoms with Crippen molar-refractivity contribution < 1.29 is 19.0 Å². The number of para-hydroxylation sites is 1. The minimum atomic E-state index is -0.533. The molecule has 1 heterocycles. The van der Waals surface area contributed by atoms with Crippen molar-refractivity contribution in [1.29, 1.82) is 0 Å². The molecule has 1 atom stereocenters. The van der Waals surface area contributed by atoms with Gasteiger partial charge in [-0.15, -0.1) is 0 Å². The van der Waals surface area contributed by atoms with Crippen LogP contribution in [0.2, 0.25) is 0 Å². The van der Waals surface area contributed by atoms with Crippen LogP contribution in [0.25, 0.3) is 0 Å². The highest BCUT2D eigenvalue weighted by Gasteiger charge is 2.35. The van der Waals surface area contributed by atoms with Gasteiger partial charge in [-0.1, -0.05) is 18.2 Å². The molecule has 2 aromatic carbocycles.